The molecule has 1 amide bonds. The van der Waals surface area contributed by atoms with Gasteiger partial charge in [-0.3, -0.25) is 9.59 Å². The molecule has 1 heterocycles. The van der Waals surface area contributed by atoms with E-state index in [1.54, 1.807) is 36.3 Å². The Balaban J connectivity index is 1.86. The van der Waals surface area contributed by atoms with Gasteiger partial charge in [-0.2, -0.15) is 0 Å². The largest absolute Gasteiger partial charge is 0.490 e. The van der Waals surface area contributed by atoms with E-state index in [-0.39, 0.29) is 12.5 Å². The first-order valence-electron chi connectivity index (χ1n) is 8.42. The molecular weight excluding hydrogens is 334 g/mol. The summed E-state index contributed by atoms with van der Waals surface area (Å²) < 4.78 is 10.6. The van der Waals surface area contributed by atoms with E-state index in [0.717, 1.165) is 11.1 Å². The van der Waals surface area contributed by atoms with Crippen LogP contribution in [0.15, 0.2) is 48.5 Å². The second kappa shape index (κ2) is 8.01. The van der Waals surface area contributed by atoms with Crippen LogP contribution in [-0.2, 0) is 16.1 Å². The van der Waals surface area contributed by atoms with E-state index < -0.39 is 11.9 Å². The zero-order valence-corrected chi connectivity index (χ0v) is 14.6. The molecule has 2 aromatic carbocycles. The molecule has 0 saturated carbocycles. The lowest BCUT2D eigenvalue weighted by atomic mass is 9.89. The van der Waals surface area contributed by atoms with Gasteiger partial charge >= 0.3 is 5.97 Å². The summed E-state index contributed by atoms with van der Waals surface area (Å²) in [5.41, 5.74) is 2.05. The fourth-order valence-electron chi connectivity index (χ4n) is 3.15. The molecule has 1 aliphatic heterocycles. The minimum atomic E-state index is -0.931. The number of amides is 1. The van der Waals surface area contributed by atoms with Crippen LogP contribution in [0, 0.1) is 0 Å². The second-order valence-electron chi connectivity index (χ2n) is 6.11. The first kappa shape index (κ1) is 17.9. The molecular formula is C20H21NO5. The smallest absolute Gasteiger partial charge is 0.312 e. The normalized spacial score (nSPS) is 16.0. The molecule has 0 aromatic heterocycles. The van der Waals surface area contributed by atoms with Crippen LogP contribution in [0.3, 0.4) is 0 Å². The van der Waals surface area contributed by atoms with Crippen molar-refractivity contribution >= 4 is 11.9 Å². The zero-order valence-electron chi connectivity index (χ0n) is 14.6. The maximum Gasteiger partial charge on any atom is 0.312 e. The highest BCUT2D eigenvalue weighted by Gasteiger charge is 2.33. The third-order valence-electron chi connectivity index (χ3n) is 4.44. The average molecular weight is 355 g/mol. The number of rotatable bonds is 6. The van der Waals surface area contributed by atoms with Crippen LogP contribution in [-0.4, -0.2) is 48.8 Å². The van der Waals surface area contributed by atoms with Crippen LogP contribution < -0.4 is 4.74 Å². The summed E-state index contributed by atoms with van der Waals surface area (Å²) in [5.74, 6) is -1.43. The maximum absolute atomic E-state index is 13.1. The molecule has 0 fully saturated rings. The van der Waals surface area contributed by atoms with E-state index in [0.29, 0.717) is 31.1 Å². The highest BCUT2D eigenvalue weighted by Crippen LogP contribution is 2.30. The van der Waals surface area contributed by atoms with Gasteiger partial charge in [0.25, 0.3) is 5.91 Å². The molecule has 0 aliphatic carbocycles. The van der Waals surface area contributed by atoms with Gasteiger partial charge in [0, 0.05) is 20.2 Å². The monoisotopic (exact) mass is 355 g/mol. The van der Waals surface area contributed by atoms with Crippen LogP contribution in [0.25, 0.3) is 0 Å². The van der Waals surface area contributed by atoms with Crippen molar-refractivity contribution in [1.82, 2.24) is 4.90 Å². The summed E-state index contributed by atoms with van der Waals surface area (Å²) in [4.78, 5) is 26.3. The quantitative estimate of drug-likeness (QED) is 0.806. The maximum atomic E-state index is 13.1. The minimum Gasteiger partial charge on any atom is -0.490 e. The van der Waals surface area contributed by atoms with Crippen molar-refractivity contribution in [2.24, 2.45) is 0 Å². The van der Waals surface area contributed by atoms with E-state index in [2.05, 4.69) is 0 Å². The number of benzene rings is 2. The third-order valence-corrected chi connectivity index (χ3v) is 4.44. The van der Waals surface area contributed by atoms with Crippen molar-refractivity contribution in [2.45, 2.75) is 12.5 Å². The Bertz CT molecular complexity index is 804. The SMILES string of the molecule is COCCOc1ccccc1C(=O)N1Cc2ccccc2C(C(=O)O)C1. The number of hydrogen-bond acceptors (Lipinski definition) is 4. The molecule has 26 heavy (non-hydrogen) atoms. The molecule has 6 heteroatoms. The molecule has 1 unspecified atom stereocenters. The van der Waals surface area contributed by atoms with Gasteiger partial charge in [0.15, 0.2) is 0 Å². The third kappa shape index (κ3) is 3.70. The van der Waals surface area contributed by atoms with E-state index in [1.807, 2.05) is 24.3 Å². The molecule has 0 spiro atoms. The van der Waals surface area contributed by atoms with Crippen molar-refractivity contribution < 1.29 is 24.2 Å². The number of para-hydroxylation sites is 1. The van der Waals surface area contributed by atoms with E-state index in [9.17, 15) is 14.7 Å². The first-order chi connectivity index (χ1) is 12.6. The van der Waals surface area contributed by atoms with Crippen molar-refractivity contribution in [3.8, 4) is 5.75 Å². The number of carbonyl (C=O) groups is 2. The van der Waals surface area contributed by atoms with E-state index in [4.69, 9.17) is 9.47 Å². The number of carboxylic acid groups (broad SMARTS) is 1. The second-order valence-corrected chi connectivity index (χ2v) is 6.11. The van der Waals surface area contributed by atoms with Crippen LogP contribution >= 0.6 is 0 Å². The number of ether oxygens (including phenoxy) is 2. The van der Waals surface area contributed by atoms with Gasteiger partial charge in [0.05, 0.1) is 18.1 Å². The van der Waals surface area contributed by atoms with Gasteiger partial charge in [-0.15, -0.1) is 0 Å². The Morgan fingerprint density at radius 3 is 2.62 bits per heavy atom. The number of aliphatic carboxylic acids is 1. The standard InChI is InChI=1S/C20H21NO5/c1-25-10-11-26-18-9-5-4-8-16(18)19(22)21-12-14-6-2-3-7-15(14)17(13-21)20(23)24/h2-9,17H,10-13H2,1H3,(H,23,24). The Morgan fingerprint density at radius 1 is 1.12 bits per heavy atom. The predicted octanol–water partition coefficient (Wildman–Crippen LogP) is 2.54. The molecule has 0 bridgehead atoms. The van der Waals surface area contributed by atoms with Gasteiger partial charge in [0.1, 0.15) is 12.4 Å². The molecule has 0 radical (unpaired) electrons. The Kier molecular flexibility index (Phi) is 5.53. The Labute approximate surface area is 152 Å². The van der Waals surface area contributed by atoms with Gasteiger partial charge in [0.2, 0.25) is 0 Å². The van der Waals surface area contributed by atoms with Crippen LogP contribution in [0.4, 0.5) is 0 Å². The summed E-state index contributed by atoms with van der Waals surface area (Å²) >= 11 is 0. The lowest BCUT2D eigenvalue weighted by Gasteiger charge is -2.33. The highest BCUT2D eigenvalue weighted by atomic mass is 16.5. The summed E-state index contributed by atoms with van der Waals surface area (Å²) in [5, 5.41) is 9.58. The molecule has 1 N–H and O–H groups in total. The van der Waals surface area contributed by atoms with Crippen LogP contribution in [0.2, 0.25) is 0 Å². The first-order valence-corrected chi connectivity index (χ1v) is 8.42. The van der Waals surface area contributed by atoms with Crippen LogP contribution in [0.1, 0.15) is 27.4 Å². The number of hydrogen-bond donors (Lipinski definition) is 1. The lowest BCUT2D eigenvalue weighted by Crippen LogP contribution is -2.40. The molecule has 136 valence electrons. The molecule has 2 aromatic rings. The number of carbonyl (C=O) groups excluding carboxylic acids is 1. The van der Waals surface area contributed by atoms with Crippen molar-refractivity contribution in [3.05, 3.63) is 65.2 Å². The lowest BCUT2D eigenvalue weighted by molar-refractivity contribution is -0.139. The van der Waals surface area contributed by atoms with E-state index in [1.165, 1.54) is 0 Å². The zero-order chi connectivity index (χ0) is 18.5. The Hall–Kier alpha value is -2.86. The predicted molar refractivity (Wildman–Crippen MR) is 95.4 cm³/mol. The highest BCUT2D eigenvalue weighted by molar-refractivity contribution is 5.97. The summed E-state index contributed by atoms with van der Waals surface area (Å²) in [7, 11) is 1.58. The minimum absolute atomic E-state index is 0.136. The van der Waals surface area contributed by atoms with Gasteiger partial charge in [-0.1, -0.05) is 36.4 Å². The summed E-state index contributed by atoms with van der Waals surface area (Å²) in [6, 6.07) is 14.4. The number of methoxy groups -OCH3 is 1. The fourth-order valence-corrected chi connectivity index (χ4v) is 3.15. The number of carboxylic acids is 1. The fraction of sp³-hybridized carbons (Fsp3) is 0.300. The summed E-state index contributed by atoms with van der Waals surface area (Å²) in [6.07, 6.45) is 0. The van der Waals surface area contributed by atoms with Gasteiger partial charge in [-0.25, -0.2) is 0 Å². The van der Waals surface area contributed by atoms with Crippen molar-refractivity contribution in [1.29, 1.82) is 0 Å². The van der Waals surface area contributed by atoms with E-state index >= 15 is 0 Å². The van der Waals surface area contributed by atoms with Gasteiger partial charge in [-0.05, 0) is 23.3 Å². The molecule has 3 rings (SSSR count). The number of nitrogens with zero attached hydrogens (tertiary/aromatic N) is 1. The molecule has 6 nitrogen and oxygen atoms in total. The molecule has 0 saturated heterocycles. The topological polar surface area (TPSA) is 76.1 Å². The summed E-state index contributed by atoms with van der Waals surface area (Å²) in [6.45, 7) is 1.27. The average Bonchev–Trinajstić information content (AvgIpc) is 2.67. The number of fused-ring (bicyclic) bond motifs is 1. The molecule has 1 aliphatic rings. The Morgan fingerprint density at radius 2 is 1.85 bits per heavy atom. The van der Waals surface area contributed by atoms with Crippen molar-refractivity contribution in [2.75, 3.05) is 26.9 Å². The molecule has 1 atom stereocenters. The van der Waals surface area contributed by atoms with Crippen molar-refractivity contribution in [3.63, 3.8) is 0 Å². The van der Waals surface area contributed by atoms with Crippen LogP contribution in [0.5, 0.6) is 5.75 Å². The van der Waals surface area contributed by atoms with Gasteiger partial charge < -0.3 is 19.5 Å².